The molecule has 1 aliphatic carbocycles. The first-order chi connectivity index (χ1) is 14.5. The molecule has 0 bridgehead atoms. The highest BCUT2D eigenvalue weighted by Crippen LogP contribution is 2.33. The molecule has 0 atom stereocenters. The van der Waals surface area contributed by atoms with Crippen molar-refractivity contribution in [3.05, 3.63) is 62.8 Å². The second-order valence-electron chi connectivity index (χ2n) is 7.09. The predicted octanol–water partition coefficient (Wildman–Crippen LogP) is 3.43. The van der Waals surface area contributed by atoms with Crippen molar-refractivity contribution in [1.29, 1.82) is 0 Å². The minimum atomic E-state index is -0.617. The Morgan fingerprint density at radius 2 is 2.10 bits per heavy atom. The van der Waals surface area contributed by atoms with Gasteiger partial charge in [0.05, 0.1) is 29.9 Å². The number of phenolic OH excluding ortho intramolecular Hbond substituents is 1. The summed E-state index contributed by atoms with van der Waals surface area (Å²) in [6.07, 6.45) is 5.42. The number of hydrogen-bond donors (Lipinski definition) is 3. The third-order valence-electron chi connectivity index (χ3n) is 5.25. The molecule has 9 heteroatoms. The number of H-pyrrole nitrogens is 1. The van der Waals surface area contributed by atoms with Gasteiger partial charge in [-0.15, -0.1) is 0 Å². The molecule has 0 saturated heterocycles. The van der Waals surface area contributed by atoms with Crippen molar-refractivity contribution in [2.75, 3.05) is 7.11 Å². The van der Waals surface area contributed by atoms with E-state index in [-0.39, 0.29) is 22.7 Å². The zero-order chi connectivity index (χ0) is 21.3. The number of aryl methyl sites for hydroxylation is 2. The molecule has 2 aromatic carbocycles. The van der Waals surface area contributed by atoms with Gasteiger partial charge in [-0.05, 0) is 55.5 Å². The number of benzene rings is 2. The molecule has 1 aromatic heterocycles. The van der Waals surface area contributed by atoms with Crippen LogP contribution in [0.1, 0.15) is 40.0 Å². The Labute approximate surface area is 171 Å². The Bertz CT molecular complexity index is 1180. The number of nitrogens with one attached hydrogen (secondary N) is 2. The van der Waals surface area contributed by atoms with Crippen molar-refractivity contribution in [2.24, 2.45) is 5.10 Å². The number of aromatic amines is 1. The summed E-state index contributed by atoms with van der Waals surface area (Å²) < 4.78 is 4.89. The van der Waals surface area contributed by atoms with E-state index >= 15 is 0 Å². The van der Waals surface area contributed by atoms with Crippen LogP contribution < -0.4 is 10.2 Å². The fourth-order valence-corrected chi connectivity index (χ4v) is 3.77. The van der Waals surface area contributed by atoms with E-state index in [0.717, 1.165) is 54.9 Å². The molecule has 154 valence electrons. The van der Waals surface area contributed by atoms with Gasteiger partial charge in [-0.3, -0.25) is 14.9 Å². The van der Waals surface area contributed by atoms with Crippen molar-refractivity contribution < 1.29 is 19.6 Å². The lowest BCUT2D eigenvalue weighted by Crippen LogP contribution is -2.17. The van der Waals surface area contributed by atoms with Gasteiger partial charge in [-0.25, -0.2) is 5.43 Å². The van der Waals surface area contributed by atoms with Crippen molar-refractivity contribution in [1.82, 2.24) is 10.4 Å². The molecule has 0 unspecified atom stereocenters. The zero-order valence-corrected chi connectivity index (χ0v) is 16.3. The lowest BCUT2D eigenvalue weighted by Gasteiger charge is -2.10. The Morgan fingerprint density at radius 3 is 2.87 bits per heavy atom. The molecule has 1 heterocycles. The topological polar surface area (TPSA) is 130 Å². The summed E-state index contributed by atoms with van der Waals surface area (Å²) in [6, 6.07) is 7.67. The summed E-state index contributed by atoms with van der Waals surface area (Å²) in [7, 11) is 1.30. The summed E-state index contributed by atoms with van der Waals surface area (Å²) in [4.78, 5) is 26.6. The Morgan fingerprint density at radius 1 is 1.30 bits per heavy atom. The molecule has 3 aromatic rings. The first-order valence-electron chi connectivity index (χ1n) is 9.50. The highest BCUT2D eigenvalue weighted by atomic mass is 16.6. The molecule has 9 nitrogen and oxygen atoms in total. The summed E-state index contributed by atoms with van der Waals surface area (Å²) in [5.74, 6) is -0.719. The van der Waals surface area contributed by atoms with E-state index in [1.807, 2.05) is 12.1 Å². The average molecular weight is 408 g/mol. The molecular formula is C21H20N4O5. The molecule has 4 rings (SSSR count). The smallest absolute Gasteiger partial charge is 0.282 e. The summed E-state index contributed by atoms with van der Waals surface area (Å²) >= 11 is 0. The molecule has 0 fully saturated rings. The summed E-state index contributed by atoms with van der Waals surface area (Å²) in [5.41, 5.74) is 6.06. The van der Waals surface area contributed by atoms with Gasteiger partial charge in [-0.2, -0.15) is 5.10 Å². The number of carbonyl (C=O) groups excluding carboxylic acids is 1. The number of methoxy groups -OCH3 is 1. The van der Waals surface area contributed by atoms with Gasteiger partial charge in [-0.1, -0.05) is 0 Å². The number of fused-ring (bicyclic) bond motifs is 3. The standard InChI is InChI=1S/C21H20N4O5/c1-30-20-10-18(25(28)29)13(9-19(20)26)11-22-24-21(27)12-6-7-17-15(8-12)14-4-2-3-5-16(14)23-17/h6-11,23,26H,2-5H2,1H3,(H,24,27)/b22-11+. The van der Waals surface area contributed by atoms with E-state index in [0.29, 0.717) is 5.56 Å². The van der Waals surface area contributed by atoms with Gasteiger partial charge in [0, 0.05) is 22.2 Å². The highest BCUT2D eigenvalue weighted by molar-refractivity contribution is 5.99. The lowest BCUT2D eigenvalue weighted by atomic mass is 9.95. The van der Waals surface area contributed by atoms with E-state index in [1.54, 1.807) is 6.07 Å². The quantitative estimate of drug-likeness (QED) is 0.338. The van der Waals surface area contributed by atoms with E-state index in [1.165, 1.54) is 18.4 Å². The predicted molar refractivity (Wildman–Crippen MR) is 111 cm³/mol. The van der Waals surface area contributed by atoms with E-state index < -0.39 is 10.8 Å². The maximum atomic E-state index is 12.5. The van der Waals surface area contributed by atoms with Crippen molar-refractivity contribution in [2.45, 2.75) is 25.7 Å². The van der Waals surface area contributed by atoms with Gasteiger partial charge < -0.3 is 14.8 Å². The first kappa shape index (κ1) is 19.4. The number of amides is 1. The molecular weight excluding hydrogens is 388 g/mol. The van der Waals surface area contributed by atoms with Crippen LogP contribution in [0.15, 0.2) is 35.4 Å². The second-order valence-corrected chi connectivity index (χ2v) is 7.09. The van der Waals surface area contributed by atoms with E-state index in [4.69, 9.17) is 4.74 Å². The highest BCUT2D eigenvalue weighted by Gasteiger charge is 2.18. The number of aromatic nitrogens is 1. The van der Waals surface area contributed by atoms with Crippen molar-refractivity contribution in [3.8, 4) is 11.5 Å². The van der Waals surface area contributed by atoms with E-state index in [2.05, 4.69) is 15.5 Å². The molecule has 0 spiro atoms. The Kier molecular flexibility index (Phi) is 5.09. The van der Waals surface area contributed by atoms with Gasteiger partial charge >= 0.3 is 0 Å². The van der Waals surface area contributed by atoms with Crippen LogP contribution in [0.4, 0.5) is 5.69 Å². The van der Waals surface area contributed by atoms with Crippen LogP contribution in [0, 0.1) is 10.1 Å². The number of nitrogens with zero attached hydrogens (tertiary/aromatic N) is 2. The first-order valence-corrected chi connectivity index (χ1v) is 9.50. The number of phenols is 1. The van der Waals surface area contributed by atoms with Crippen LogP contribution in [-0.2, 0) is 12.8 Å². The zero-order valence-electron chi connectivity index (χ0n) is 16.3. The third-order valence-corrected chi connectivity index (χ3v) is 5.25. The maximum absolute atomic E-state index is 12.5. The maximum Gasteiger partial charge on any atom is 0.282 e. The van der Waals surface area contributed by atoms with E-state index in [9.17, 15) is 20.0 Å². The van der Waals surface area contributed by atoms with Gasteiger partial charge in [0.25, 0.3) is 11.6 Å². The number of nitro benzene ring substituents is 1. The fraction of sp³-hybridized carbons (Fsp3) is 0.238. The van der Waals surface area contributed by atoms with Gasteiger partial charge in [0.15, 0.2) is 11.5 Å². The summed E-state index contributed by atoms with van der Waals surface area (Å²) in [5, 5.41) is 26.0. The normalized spacial score (nSPS) is 13.4. The lowest BCUT2D eigenvalue weighted by molar-refractivity contribution is -0.385. The molecule has 30 heavy (non-hydrogen) atoms. The van der Waals surface area contributed by atoms with Crippen LogP contribution >= 0.6 is 0 Å². The Balaban J connectivity index is 1.56. The number of rotatable bonds is 5. The number of ether oxygens (including phenoxy) is 1. The number of aromatic hydroxyl groups is 1. The molecule has 0 aliphatic heterocycles. The number of carbonyl (C=O) groups is 1. The molecule has 0 radical (unpaired) electrons. The largest absolute Gasteiger partial charge is 0.504 e. The molecule has 0 saturated carbocycles. The minimum absolute atomic E-state index is 0.0222. The van der Waals surface area contributed by atoms with Crippen LogP contribution in [0.5, 0.6) is 11.5 Å². The van der Waals surface area contributed by atoms with Crippen LogP contribution in [0.2, 0.25) is 0 Å². The second kappa shape index (κ2) is 7.86. The molecule has 3 N–H and O–H groups in total. The number of hydrogen-bond acceptors (Lipinski definition) is 6. The van der Waals surface area contributed by atoms with Crippen LogP contribution in [-0.4, -0.2) is 34.2 Å². The van der Waals surface area contributed by atoms with Gasteiger partial charge in [0.2, 0.25) is 0 Å². The third kappa shape index (κ3) is 3.57. The molecule has 1 amide bonds. The fourth-order valence-electron chi connectivity index (χ4n) is 3.77. The van der Waals surface area contributed by atoms with Gasteiger partial charge in [0.1, 0.15) is 0 Å². The monoisotopic (exact) mass is 408 g/mol. The number of nitro groups is 1. The number of hydrazone groups is 1. The SMILES string of the molecule is COc1cc([N+](=O)[O-])c(/C=N/NC(=O)c2ccc3[nH]c4c(c3c2)CCCC4)cc1O. The molecule has 1 aliphatic rings. The Hall–Kier alpha value is -3.88. The van der Waals surface area contributed by atoms with Crippen LogP contribution in [0.25, 0.3) is 10.9 Å². The minimum Gasteiger partial charge on any atom is -0.504 e. The summed E-state index contributed by atoms with van der Waals surface area (Å²) in [6.45, 7) is 0. The van der Waals surface area contributed by atoms with Crippen molar-refractivity contribution in [3.63, 3.8) is 0 Å². The van der Waals surface area contributed by atoms with Crippen LogP contribution in [0.3, 0.4) is 0 Å². The van der Waals surface area contributed by atoms with Crippen molar-refractivity contribution >= 4 is 28.7 Å². The average Bonchev–Trinajstić information content (AvgIpc) is 3.11.